The fourth-order valence-corrected chi connectivity index (χ4v) is 1.57. The SMILES string of the molecule is FC(F)(F)c1ccc2nc(I)oc2c1. The van der Waals surface area contributed by atoms with Gasteiger partial charge in [0.25, 0.3) is 3.90 Å². The van der Waals surface area contributed by atoms with E-state index in [4.69, 9.17) is 4.42 Å². The third-order valence-corrected chi connectivity index (χ3v) is 2.15. The van der Waals surface area contributed by atoms with Crippen LogP contribution >= 0.6 is 22.6 Å². The predicted octanol–water partition coefficient (Wildman–Crippen LogP) is 3.45. The zero-order valence-electron chi connectivity index (χ0n) is 6.60. The quantitative estimate of drug-likeness (QED) is 0.696. The Morgan fingerprint density at radius 3 is 2.64 bits per heavy atom. The number of halogens is 4. The van der Waals surface area contributed by atoms with Gasteiger partial charge in [-0.3, -0.25) is 0 Å². The third-order valence-electron chi connectivity index (χ3n) is 1.69. The van der Waals surface area contributed by atoms with E-state index in [0.29, 0.717) is 9.41 Å². The molecule has 2 aromatic rings. The fourth-order valence-electron chi connectivity index (χ4n) is 1.07. The van der Waals surface area contributed by atoms with Crippen molar-refractivity contribution in [2.75, 3.05) is 0 Å². The van der Waals surface area contributed by atoms with Gasteiger partial charge in [-0.1, -0.05) is 0 Å². The van der Waals surface area contributed by atoms with Gasteiger partial charge in [-0.05, 0) is 18.2 Å². The maximum absolute atomic E-state index is 12.3. The van der Waals surface area contributed by atoms with Gasteiger partial charge in [-0.25, -0.2) is 4.98 Å². The van der Waals surface area contributed by atoms with Crippen molar-refractivity contribution in [1.29, 1.82) is 0 Å². The van der Waals surface area contributed by atoms with Crippen molar-refractivity contribution in [3.63, 3.8) is 0 Å². The highest BCUT2D eigenvalue weighted by atomic mass is 127. The molecule has 2 nitrogen and oxygen atoms in total. The van der Waals surface area contributed by atoms with Crippen molar-refractivity contribution in [2.45, 2.75) is 6.18 Å². The van der Waals surface area contributed by atoms with Gasteiger partial charge in [0.05, 0.1) is 5.56 Å². The molecule has 0 radical (unpaired) electrons. The van der Waals surface area contributed by atoms with Crippen molar-refractivity contribution in [1.82, 2.24) is 4.98 Å². The summed E-state index contributed by atoms with van der Waals surface area (Å²) in [6.07, 6.45) is -4.34. The number of hydrogen-bond donors (Lipinski definition) is 0. The Labute approximate surface area is 90.3 Å². The molecule has 1 aromatic heterocycles. The highest BCUT2D eigenvalue weighted by Gasteiger charge is 2.30. The van der Waals surface area contributed by atoms with Crippen LogP contribution in [0.3, 0.4) is 0 Å². The van der Waals surface area contributed by atoms with E-state index in [-0.39, 0.29) is 5.58 Å². The van der Waals surface area contributed by atoms with Gasteiger partial charge in [-0.2, -0.15) is 13.2 Å². The summed E-state index contributed by atoms with van der Waals surface area (Å²) in [6, 6.07) is 3.23. The Kier molecular flexibility index (Phi) is 2.17. The van der Waals surface area contributed by atoms with E-state index >= 15 is 0 Å². The first-order valence-corrected chi connectivity index (χ1v) is 4.68. The van der Waals surface area contributed by atoms with E-state index in [1.807, 2.05) is 0 Å². The minimum absolute atomic E-state index is 0.157. The highest BCUT2D eigenvalue weighted by Crippen LogP contribution is 2.31. The number of nitrogens with zero attached hydrogens (tertiary/aromatic N) is 1. The Morgan fingerprint density at radius 2 is 2.00 bits per heavy atom. The molecule has 0 saturated carbocycles. The van der Waals surface area contributed by atoms with Crippen molar-refractivity contribution >= 4 is 33.7 Å². The molecule has 0 aliphatic heterocycles. The lowest BCUT2D eigenvalue weighted by Gasteiger charge is -2.04. The molecule has 0 unspecified atom stereocenters. The summed E-state index contributed by atoms with van der Waals surface area (Å²) in [7, 11) is 0. The molecule has 0 atom stereocenters. The van der Waals surface area contributed by atoms with Crippen LogP contribution in [0.5, 0.6) is 0 Å². The molecule has 0 spiro atoms. The first-order valence-electron chi connectivity index (χ1n) is 3.60. The molecule has 0 amide bonds. The first kappa shape index (κ1) is 9.75. The molecule has 0 bridgehead atoms. The van der Waals surface area contributed by atoms with Gasteiger partial charge >= 0.3 is 6.18 Å². The maximum atomic E-state index is 12.3. The number of aromatic nitrogens is 1. The lowest BCUT2D eigenvalue weighted by Crippen LogP contribution is -2.03. The molecule has 0 aliphatic rings. The van der Waals surface area contributed by atoms with Crippen LogP contribution in [0.15, 0.2) is 22.6 Å². The van der Waals surface area contributed by atoms with Crippen LogP contribution in [0, 0.1) is 3.90 Å². The average Bonchev–Trinajstić information content (AvgIpc) is 2.41. The Balaban J connectivity index is 2.62. The van der Waals surface area contributed by atoms with Gasteiger partial charge in [0.1, 0.15) is 5.52 Å². The third kappa shape index (κ3) is 1.70. The minimum Gasteiger partial charge on any atom is -0.432 e. The minimum atomic E-state index is -4.34. The molecule has 14 heavy (non-hydrogen) atoms. The summed E-state index contributed by atoms with van der Waals surface area (Å²) in [5, 5.41) is 0. The predicted molar refractivity (Wildman–Crippen MR) is 51.7 cm³/mol. The van der Waals surface area contributed by atoms with Crippen LogP contribution in [0.2, 0.25) is 0 Å². The summed E-state index contributed by atoms with van der Waals surface area (Å²) >= 11 is 1.81. The van der Waals surface area contributed by atoms with E-state index in [0.717, 1.165) is 12.1 Å². The van der Waals surface area contributed by atoms with E-state index in [1.165, 1.54) is 6.07 Å². The lowest BCUT2D eigenvalue weighted by atomic mass is 10.2. The molecule has 0 aliphatic carbocycles. The lowest BCUT2D eigenvalue weighted by molar-refractivity contribution is -0.137. The Bertz CT molecular complexity index is 477. The monoisotopic (exact) mass is 313 g/mol. The zero-order chi connectivity index (χ0) is 10.3. The number of benzene rings is 1. The fraction of sp³-hybridized carbons (Fsp3) is 0.125. The van der Waals surface area contributed by atoms with Crippen LogP contribution in [0.4, 0.5) is 13.2 Å². The first-order chi connectivity index (χ1) is 6.47. The van der Waals surface area contributed by atoms with Crippen molar-refractivity contribution in [3.8, 4) is 0 Å². The van der Waals surface area contributed by atoms with Gasteiger partial charge < -0.3 is 4.42 Å². The summed E-state index contributed by atoms with van der Waals surface area (Å²) in [5.41, 5.74) is -0.135. The number of alkyl halides is 3. The highest BCUT2D eigenvalue weighted by molar-refractivity contribution is 14.1. The van der Waals surface area contributed by atoms with E-state index in [2.05, 4.69) is 4.98 Å². The summed E-state index contributed by atoms with van der Waals surface area (Å²) in [6.45, 7) is 0. The Hall–Kier alpha value is -0.790. The second kappa shape index (κ2) is 3.11. The molecule has 0 N–H and O–H groups in total. The van der Waals surface area contributed by atoms with Gasteiger partial charge in [0.2, 0.25) is 0 Å². The van der Waals surface area contributed by atoms with Crippen LogP contribution in [-0.4, -0.2) is 4.98 Å². The number of rotatable bonds is 0. The van der Waals surface area contributed by atoms with Gasteiger partial charge in [0, 0.05) is 22.6 Å². The molecule has 1 aromatic carbocycles. The van der Waals surface area contributed by atoms with E-state index < -0.39 is 11.7 Å². The standard InChI is InChI=1S/C8H3F3INO/c9-8(10,11)4-1-2-5-6(3-4)14-7(12)13-5/h1-3H. The zero-order valence-corrected chi connectivity index (χ0v) is 8.76. The average molecular weight is 313 g/mol. The molecule has 1 heterocycles. The van der Waals surface area contributed by atoms with Crippen molar-refractivity contribution in [2.24, 2.45) is 0 Å². The summed E-state index contributed by atoms with van der Waals surface area (Å²) in [4.78, 5) is 3.89. The molecule has 0 saturated heterocycles. The van der Waals surface area contributed by atoms with Gasteiger partial charge in [0.15, 0.2) is 5.58 Å². The van der Waals surface area contributed by atoms with Crippen LogP contribution in [-0.2, 0) is 6.18 Å². The topological polar surface area (TPSA) is 26.0 Å². The molecule has 6 heteroatoms. The summed E-state index contributed by atoms with van der Waals surface area (Å²) in [5.74, 6) is 0. The van der Waals surface area contributed by atoms with Gasteiger partial charge in [-0.15, -0.1) is 0 Å². The number of fused-ring (bicyclic) bond motifs is 1. The van der Waals surface area contributed by atoms with Crippen LogP contribution in [0.1, 0.15) is 5.56 Å². The smallest absolute Gasteiger partial charge is 0.416 e. The van der Waals surface area contributed by atoms with Crippen LogP contribution in [0.25, 0.3) is 11.1 Å². The normalized spacial score (nSPS) is 12.3. The molecule has 74 valence electrons. The Morgan fingerprint density at radius 1 is 1.29 bits per heavy atom. The molecular weight excluding hydrogens is 310 g/mol. The second-order valence-corrected chi connectivity index (χ2v) is 3.57. The van der Waals surface area contributed by atoms with Crippen molar-refractivity contribution < 1.29 is 17.6 Å². The second-order valence-electron chi connectivity index (χ2n) is 2.65. The maximum Gasteiger partial charge on any atom is 0.416 e. The molecular formula is C8H3F3INO. The molecule has 2 rings (SSSR count). The summed E-state index contributed by atoms with van der Waals surface area (Å²) < 4.78 is 42.1. The largest absolute Gasteiger partial charge is 0.432 e. The van der Waals surface area contributed by atoms with Crippen LogP contribution < -0.4 is 0 Å². The van der Waals surface area contributed by atoms with Crippen molar-refractivity contribution in [3.05, 3.63) is 27.7 Å². The van der Waals surface area contributed by atoms with E-state index in [9.17, 15) is 13.2 Å². The number of hydrogen-bond acceptors (Lipinski definition) is 2. The number of oxazole rings is 1. The van der Waals surface area contributed by atoms with E-state index in [1.54, 1.807) is 22.6 Å². The molecule has 0 fully saturated rings.